The Bertz CT molecular complexity index is 1280. The Balaban J connectivity index is 2.20. The molecule has 0 fully saturated rings. The molecule has 1 heterocycles. The summed E-state index contributed by atoms with van der Waals surface area (Å²) in [7, 11) is 3.69. The first kappa shape index (κ1) is 27.1. The fourth-order valence-electron chi connectivity index (χ4n) is 3.83. The molecule has 0 saturated carbocycles. The van der Waals surface area contributed by atoms with Gasteiger partial charge in [-0.2, -0.15) is 22.0 Å². The van der Waals surface area contributed by atoms with Crippen LogP contribution >= 0.6 is 0 Å². The van der Waals surface area contributed by atoms with E-state index in [2.05, 4.69) is 16.6 Å². The number of aldehydes is 1. The van der Waals surface area contributed by atoms with Crippen molar-refractivity contribution in [1.29, 1.82) is 0 Å². The van der Waals surface area contributed by atoms with E-state index in [-0.39, 0.29) is 23.0 Å². The van der Waals surface area contributed by atoms with Crippen LogP contribution in [0.3, 0.4) is 0 Å². The summed E-state index contributed by atoms with van der Waals surface area (Å²) in [4.78, 5) is 18.5. The number of para-hydroxylation sites is 1. The zero-order chi connectivity index (χ0) is 26.5. The van der Waals surface area contributed by atoms with E-state index in [4.69, 9.17) is 9.72 Å². The second-order valence-electron chi connectivity index (χ2n) is 8.00. The predicted octanol–water partition coefficient (Wildman–Crippen LogP) is 5.38. The highest BCUT2D eigenvalue weighted by Gasteiger charge is 2.27. The quantitative estimate of drug-likeness (QED) is 0.168. The van der Waals surface area contributed by atoms with E-state index >= 15 is 0 Å². The van der Waals surface area contributed by atoms with Crippen LogP contribution in [0.4, 0.5) is 22.0 Å². The van der Waals surface area contributed by atoms with Gasteiger partial charge in [-0.05, 0) is 50.8 Å². The first-order chi connectivity index (χ1) is 17.1. The average molecular weight is 509 g/mol. The fraction of sp³-hybridized carbons (Fsp3) is 0.360. The summed E-state index contributed by atoms with van der Waals surface area (Å²) < 4.78 is 74.1. The van der Waals surface area contributed by atoms with Crippen LogP contribution in [0.25, 0.3) is 16.7 Å². The molecule has 3 rings (SSSR count). The minimum absolute atomic E-state index is 0.101. The van der Waals surface area contributed by atoms with Gasteiger partial charge in [-0.3, -0.25) is 14.3 Å². The van der Waals surface area contributed by atoms with Crippen LogP contribution in [-0.4, -0.2) is 60.8 Å². The number of rotatable bonds is 9. The molecule has 0 aliphatic carbocycles. The standard InChI is InChI=1S/C25H24F5N3O3/c1-4-19(32(2)3)23-31-18-11-10-16(7-6-12-35-15-25(28,29)30)13-20(18)33(23)22-17(14-34)8-5-9-21(22)36-24(26)27/h5,8-11,13-14,19,24H,4,12,15H2,1-3H3. The van der Waals surface area contributed by atoms with Crippen molar-refractivity contribution < 1.29 is 36.2 Å². The predicted molar refractivity (Wildman–Crippen MR) is 124 cm³/mol. The second-order valence-corrected chi connectivity index (χ2v) is 8.00. The number of ether oxygens (including phenoxy) is 2. The van der Waals surface area contributed by atoms with Gasteiger partial charge in [0.2, 0.25) is 0 Å². The molecule has 1 atom stereocenters. The lowest BCUT2D eigenvalue weighted by molar-refractivity contribution is -0.170. The van der Waals surface area contributed by atoms with Gasteiger partial charge in [-0.15, -0.1) is 0 Å². The van der Waals surface area contributed by atoms with Crippen molar-refractivity contribution in [3.8, 4) is 23.3 Å². The number of benzene rings is 2. The number of halogens is 5. The Labute approximate surface area is 204 Å². The van der Waals surface area contributed by atoms with E-state index in [0.717, 1.165) is 0 Å². The average Bonchev–Trinajstić information content (AvgIpc) is 3.15. The monoisotopic (exact) mass is 509 g/mol. The topological polar surface area (TPSA) is 56.6 Å². The van der Waals surface area contributed by atoms with Crippen LogP contribution < -0.4 is 4.74 Å². The van der Waals surface area contributed by atoms with Crippen LogP contribution in [0.15, 0.2) is 36.4 Å². The number of aromatic nitrogens is 2. The number of carbonyl (C=O) groups excluding carboxylic acids is 1. The summed E-state index contributed by atoms with van der Waals surface area (Å²) >= 11 is 0. The van der Waals surface area contributed by atoms with Gasteiger partial charge in [0.25, 0.3) is 0 Å². The SMILES string of the molecule is CCC(c1nc2ccc(C#CCOCC(F)(F)F)cc2n1-c1c(C=O)cccc1OC(F)F)N(C)C. The van der Waals surface area contributed by atoms with Crippen molar-refractivity contribution >= 4 is 17.3 Å². The van der Waals surface area contributed by atoms with E-state index < -0.39 is 26.0 Å². The van der Waals surface area contributed by atoms with Crippen LogP contribution in [0.2, 0.25) is 0 Å². The summed E-state index contributed by atoms with van der Waals surface area (Å²) in [5, 5.41) is 0. The summed E-state index contributed by atoms with van der Waals surface area (Å²) in [6, 6.07) is 8.93. The molecule has 0 spiro atoms. The van der Waals surface area contributed by atoms with Crippen LogP contribution in [-0.2, 0) is 4.74 Å². The Morgan fingerprint density at radius 2 is 1.94 bits per heavy atom. The third-order valence-corrected chi connectivity index (χ3v) is 5.26. The number of imidazole rings is 1. The lowest BCUT2D eigenvalue weighted by atomic mass is 10.1. The molecule has 1 aromatic heterocycles. The third-order valence-electron chi connectivity index (χ3n) is 5.26. The van der Waals surface area contributed by atoms with Gasteiger partial charge >= 0.3 is 12.8 Å². The highest BCUT2D eigenvalue weighted by molar-refractivity contribution is 5.87. The van der Waals surface area contributed by atoms with E-state index in [1.807, 2.05) is 25.9 Å². The molecule has 0 bridgehead atoms. The number of fused-ring (bicyclic) bond motifs is 1. The molecular weight excluding hydrogens is 485 g/mol. The van der Waals surface area contributed by atoms with E-state index in [1.165, 1.54) is 18.2 Å². The Morgan fingerprint density at radius 3 is 2.56 bits per heavy atom. The molecule has 3 aromatic rings. The highest BCUT2D eigenvalue weighted by Crippen LogP contribution is 2.36. The second kappa shape index (κ2) is 11.5. The van der Waals surface area contributed by atoms with Gasteiger partial charge in [-0.1, -0.05) is 24.8 Å². The van der Waals surface area contributed by atoms with Crippen molar-refractivity contribution in [2.75, 3.05) is 27.3 Å². The van der Waals surface area contributed by atoms with Crippen molar-refractivity contribution in [3.63, 3.8) is 0 Å². The number of hydrogen-bond donors (Lipinski definition) is 0. The smallest absolute Gasteiger partial charge is 0.411 e. The summed E-state index contributed by atoms with van der Waals surface area (Å²) in [5.74, 6) is 5.55. The van der Waals surface area contributed by atoms with Crippen LogP contribution in [0.5, 0.6) is 5.75 Å². The molecule has 11 heteroatoms. The van der Waals surface area contributed by atoms with Crippen molar-refractivity contribution in [2.24, 2.45) is 0 Å². The zero-order valence-electron chi connectivity index (χ0n) is 19.8. The van der Waals surface area contributed by atoms with Gasteiger partial charge in [0.1, 0.15) is 24.7 Å². The van der Waals surface area contributed by atoms with Gasteiger partial charge in [-0.25, -0.2) is 4.98 Å². The normalized spacial score (nSPS) is 12.6. The first-order valence-corrected chi connectivity index (χ1v) is 10.9. The maximum Gasteiger partial charge on any atom is 0.411 e. The number of alkyl halides is 5. The molecule has 0 saturated heterocycles. The van der Waals surface area contributed by atoms with Gasteiger partial charge in [0.05, 0.1) is 17.1 Å². The molecule has 0 aliphatic heterocycles. The minimum Gasteiger partial charge on any atom is -0.433 e. The van der Waals surface area contributed by atoms with Gasteiger partial charge < -0.3 is 9.47 Å². The van der Waals surface area contributed by atoms with Gasteiger partial charge in [0.15, 0.2) is 12.0 Å². The highest BCUT2D eigenvalue weighted by atomic mass is 19.4. The van der Waals surface area contributed by atoms with E-state index in [9.17, 15) is 26.7 Å². The molecular formula is C25H24F5N3O3. The Morgan fingerprint density at radius 1 is 1.19 bits per heavy atom. The minimum atomic E-state index is -4.45. The molecule has 6 nitrogen and oxygen atoms in total. The summed E-state index contributed by atoms with van der Waals surface area (Å²) in [6.45, 7) is -3.03. The fourth-order valence-corrected chi connectivity index (χ4v) is 3.83. The van der Waals surface area contributed by atoms with Crippen molar-refractivity contribution in [2.45, 2.75) is 32.2 Å². The molecule has 1 unspecified atom stereocenters. The van der Waals surface area contributed by atoms with E-state index in [1.54, 1.807) is 22.8 Å². The molecule has 36 heavy (non-hydrogen) atoms. The molecule has 0 N–H and O–H groups in total. The Kier molecular flexibility index (Phi) is 8.66. The van der Waals surface area contributed by atoms with Crippen molar-refractivity contribution in [3.05, 3.63) is 53.3 Å². The number of nitrogens with zero attached hydrogens (tertiary/aromatic N) is 3. The maximum atomic E-state index is 13.2. The molecule has 2 aromatic carbocycles. The lowest BCUT2D eigenvalue weighted by Gasteiger charge is -2.25. The van der Waals surface area contributed by atoms with Crippen LogP contribution in [0.1, 0.15) is 41.1 Å². The number of carbonyl (C=O) groups is 1. The van der Waals surface area contributed by atoms with Crippen molar-refractivity contribution in [1.82, 2.24) is 14.5 Å². The molecule has 192 valence electrons. The summed E-state index contributed by atoms with van der Waals surface area (Å²) in [6.07, 6.45) is -3.29. The zero-order valence-corrected chi connectivity index (χ0v) is 19.8. The first-order valence-electron chi connectivity index (χ1n) is 10.9. The molecule has 0 radical (unpaired) electrons. The largest absolute Gasteiger partial charge is 0.433 e. The van der Waals surface area contributed by atoms with Gasteiger partial charge in [0, 0.05) is 11.1 Å². The third kappa shape index (κ3) is 6.38. The van der Waals surface area contributed by atoms with E-state index in [0.29, 0.717) is 35.1 Å². The lowest BCUT2D eigenvalue weighted by Crippen LogP contribution is -2.23. The van der Waals surface area contributed by atoms with Crippen LogP contribution in [0, 0.1) is 11.8 Å². The maximum absolute atomic E-state index is 13.2. The molecule has 0 amide bonds. The Hall–Kier alpha value is -3.49. The number of hydrogen-bond acceptors (Lipinski definition) is 5. The summed E-state index contributed by atoms with van der Waals surface area (Å²) in [5.41, 5.74) is 1.61. The molecule has 0 aliphatic rings.